The standard InChI is InChI=1S/C18H24N4OS/c1-12(23)24-11-13-4-8-22(9-5-13)16-3-7-19-15-10-21-18-14(17(15)16)2-6-20-18/h3,7,13-14H,2,4-6,8-11H2,1H3,(H,20,21). The number of pyridine rings is 1. The summed E-state index contributed by atoms with van der Waals surface area (Å²) in [5, 5.41) is 3.67. The van der Waals surface area contributed by atoms with E-state index in [2.05, 4.69) is 26.3 Å². The summed E-state index contributed by atoms with van der Waals surface area (Å²) in [6.45, 7) is 5.53. The van der Waals surface area contributed by atoms with E-state index in [9.17, 15) is 4.79 Å². The lowest BCUT2D eigenvalue weighted by Crippen LogP contribution is -2.36. The minimum absolute atomic E-state index is 0.237. The number of nitrogens with one attached hydrogen (secondary N) is 1. The number of fused-ring (bicyclic) bond motifs is 3. The number of thioether (sulfide) groups is 1. The molecule has 1 unspecified atom stereocenters. The fourth-order valence-electron chi connectivity index (χ4n) is 4.07. The van der Waals surface area contributed by atoms with Crippen molar-refractivity contribution in [2.45, 2.75) is 38.6 Å². The van der Waals surface area contributed by atoms with E-state index in [1.54, 1.807) is 6.92 Å². The largest absolute Gasteiger partial charge is 0.373 e. The van der Waals surface area contributed by atoms with E-state index in [1.807, 2.05) is 6.20 Å². The number of amidine groups is 1. The molecule has 5 nitrogen and oxygen atoms in total. The van der Waals surface area contributed by atoms with Crippen LogP contribution < -0.4 is 10.2 Å². The molecule has 0 saturated carbocycles. The van der Waals surface area contributed by atoms with Crippen LogP contribution in [0.4, 0.5) is 5.69 Å². The summed E-state index contributed by atoms with van der Waals surface area (Å²) in [6, 6.07) is 2.19. The third kappa shape index (κ3) is 3.04. The van der Waals surface area contributed by atoms with Crippen molar-refractivity contribution in [1.29, 1.82) is 0 Å². The molecule has 1 N–H and O–H groups in total. The van der Waals surface area contributed by atoms with Crippen LogP contribution in [0.15, 0.2) is 17.3 Å². The molecule has 4 heterocycles. The first kappa shape index (κ1) is 15.9. The normalized spacial score (nSPS) is 23.3. The molecular weight excluding hydrogens is 320 g/mol. The smallest absolute Gasteiger partial charge is 0.185 e. The Hall–Kier alpha value is -1.56. The monoisotopic (exact) mass is 344 g/mol. The second-order valence-corrected chi connectivity index (χ2v) is 8.09. The first-order valence-corrected chi connectivity index (χ1v) is 9.85. The highest BCUT2D eigenvalue weighted by atomic mass is 32.2. The highest BCUT2D eigenvalue weighted by Crippen LogP contribution is 2.38. The van der Waals surface area contributed by atoms with Crippen molar-refractivity contribution in [3.8, 4) is 0 Å². The van der Waals surface area contributed by atoms with E-state index in [1.165, 1.54) is 35.9 Å². The maximum Gasteiger partial charge on any atom is 0.185 e. The predicted octanol–water partition coefficient (Wildman–Crippen LogP) is 2.57. The minimum atomic E-state index is 0.237. The fourth-order valence-corrected chi connectivity index (χ4v) is 4.88. The van der Waals surface area contributed by atoms with Gasteiger partial charge < -0.3 is 10.2 Å². The summed E-state index contributed by atoms with van der Waals surface area (Å²) in [6.07, 6.45) is 5.40. The summed E-state index contributed by atoms with van der Waals surface area (Å²) in [7, 11) is 0. The van der Waals surface area contributed by atoms with Gasteiger partial charge in [0.15, 0.2) is 5.12 Å². The molecule has 1 aromatic rings. The molecule has 6 heteroatoms. The van der Waals surface area contributed by atoms with Crippen molar-refractivity contribution >= 4 is 28.4 Å². The number of rotatable bonds is 3. The number of carbonyl (C=O) groups excluding carboxylic acids is 1. The van der Waals surface area contributed by atoms with Crippen LogP contribution in [-0.4, -0.2) is 41.3 Å². The van der Waals surface area contributed by atoms with Crippen molar-refractivity contribution in [2.24, 2.45) is 10.9 Å². The van der Waals surface area contributed by atoms with Crippen molar-refractivity contribution < 1.29 is 4.79 Å². The molecule has 0 aromatic carbocycles. The Bertz CT molecular complexity index is 667. The average Bonchev–Trinajstić information content (AvgIpc) is 3.09. The van der Waals surface area contributed by atoms with E-state index < -0.39 is 0 Å². The molecule has 3 aliphatic heterocycles. The third-order valence-corrected chi connectivity index (χ3v) is 6.39. The lowest BCUT2D eigenvalue weighted by atomic mass is 9.90. The molecule has 0 aliphatic carbocycles. The fraction of sp³-hybridized carbons (Fsp3) is 0.611. The maximum atomic E-state index is 11.2. The molecule has 1 atom stereocenters. The highest BCUT2D eigenvalue weighted by Gasteiger charge is 2.33. The second kappa shape index (κ2) is 6.75. The number of anilines is 1. The Kier molecular flexibility index (Phi) is 4.48. The van der Waals surface area contributed by atoms with Gasteiger partial charge in [-0.1, -0.05) is 11.8 Å². The molecule has 128 valence electrons. The van der Waals surface area contributed by atoms with Gasteiger partial charge in [-0.3, -0.25) is 14.8 Å². The topological polar surface area (TPSA) is 57.6 Å². The number of aromatic nitrogens is 1. The van der Waals surface area contributed by atoms with Crippen LogP contribution in [0.2, 0.25) is 0 Å². The van der Waals surface area contributed by atoms with E-state index in [-0.39, 0.29) is 5.12 Å². The van der Waals surface area contributed by atoms with Gasteiger partial charge in [0.05, 0.1) is 12.2 Å². The average molecular weight is 344 g/mol. The van der Waals surface area contributed by atoms with Crippen molar-refractivity contribution in [1.82, 2.24) is 10.3 Å². The first-order valence-electron chi connectivity index (χ1n) is 8.86. The summed E-state index contributed by atoms with van der Waals surface area (Å²) < 4.78 is 0. The zero-order valence-corrected chi connectivity index (χ0v) is 14.9. The zero-order valence-electron chi connectivity index (χ0n) is 14.1. The number of hydrogen-bond acceptors (Lipinski definition) is 6. The van der Waals surface area contributed by atoms with Crippen LogP contribution in [0, 0.1) is 5.92 Å². The highest BCUT2D eigenvalue weighted by molar-refractivity contribution is 8.13. The van der Waals surface area contributed by atoms with Crippen LogP contribution in [0.25, 0.3) is 0 Å². The Balaban J connectivity index is 1.50. The second-order valence-electron chi connectivity index (χ2n) is 6.89. The quantitative estimate of drug-likeness (QED) is 0.913. The summed E-state index contributed by atoms with van der Waals surface area (Å²) in [5.74, 6) is 3.20. The van der Waals surface area contributed by atoms with Gasteiger partial charge in [-0.25, -0.2) is 0 Å². The minimum Gasteiger partial charge on any atom is -0.373 e. The zero-order chi connectivity index (χ0) is 16.5. The van der Waals surface area contributed by atoms with Crippen LogP contribution in [-0.2, 0) is 11.3 Å². The molecule has 4 rings (SSSR count). The van der Waals surface area contributed by atoms with Crippen molar-refractivity contribution in [3.63, 3.8) is 0 Å². The van der Waals surface area contributed by atoms with Gasteiger partial charge in [-0.05, 0) is 31.2 Å². The van der Waals surface area contributed by atoms with Gasteiger partial charge in [-0.15, -0.1) is 0 Å². The molecule has 0 spiro atoms. The number of carbonyl (C=O) groups is 1. The summed E-state index contributed by atoms with van der Waals surface area (Å²) >= 11 is 1.48. The van der Waals surface area contributed by atoms with Crippen molar-refractivity contribution in [3.05, 3.63) is 23.5 Å². The molecular formula is C18H24N4OS. The SMILES string of the molecule is CC(=O)SCC1CCN(c2ccnc3c2C2CCNC2=NC3)CC1. The molecule has 3 aliphatic rings. The van der Waals surface area contributed by atoms with Gasteiger partial charge in [-0.2, -0.15) is 0 Å². The summed E-state index contributed by atoms with van der Waals surface area (Å²) in [4.78, 5) is 22.9. The van der Waals surface area contributed by atoms with Crippen LogP contribution >= 0.6 is 11.8 Å². The van der Waals surface area contributed by atoms with E-state index in [0.29, 0.717) is 18.4 Å². The number of piperidine rings is 1. The molecule has 24 heavy (non-hydrogen) atoms. The van der Waals surface area contributed by atoms with Gasteiger partial charge in [0.1, 0.15) is 5.84 Å². The molecule has 1 aromatic heterocycles. The number of aliphatic imine (C=N–C) groups is 1. The van der Waals surface area contributed by atoms with Gasteiger partial charge in [0, 0.05) is 55.7 Å². The van der Waals surface area contributed by atoms with Crippen LogP contribution in [0.5, 0.6) is 0 Å². The number of hydrogen-bond donors (Lipinski definition) is 1. The van der Waals surface area contributed by atoms with Gasteiger partial charge in [0.2, 0.25) is 0 Å². The number of nitrogens with zero attached hydrogens (tertiary/aromatic N) is 3. The van der Waals surface area contributed by atoms with Gasteiger partial charge >= 0.3 is 0 Å². The molecule has 0 bridgehead atoms. The van der Waals surface area contributed by atoms with Crippen LogP contribution in [0.1, 0.15) is 43.4 Å². The summed E-state index contributed by atoms with van der Waals surface area (Å²) in [5.41, 5.74) is 3.92. The lowest BCUT2D eigenvalue weighted by molar-refractivity contribution is -0.109. The maximum absolute atomic E-state index is 11.2. The van der Waals surface area contributed by atoms with Crippen molar-refractivity contribution in [2.75, 3.05) is 30.3 Å². The Morgan fingerprint density at radius 1 is 1.38 bits per heavy atom. The Labute approximate surface area is 147 Å². The molecule has 2 fully saturated rings. The van der Waals surface area contributed by atoms with E-state index in [0.717, 1.165) is 43.3 Å². The molecule has 0 amide bonds. The van der Waals surface area contributed by atoms with E-state index >= 15 is 0 Å². The lowest BCUT2D eigenvalue weighted by Gasteiger charge is -2.36. The van der Waals surface area contributed by atoms with Crippen LogP contribution in [0.3, 0.4) is 0 Å². The Morgan fingerprint density at radius 3 is 3.00 bits per heavy atom. The Morgan fingerprint density at radius 2 is 2.21 bits per heavy atom. The molecule has 0 radical (unpaired) electrons. The first-order chi connectivity index (χ1) is 11.7. The van der Waals surface area contributed by atoms with Gasteiger partial charge in [0.25, 0.3) is 0 Å². The van der Waals surface area contributed by atoms with E-state index in [4.69, 9.17) is 0 Å². The predicted molar refractivity (Wildman–Crippen MR) is 98.8 cm³/mol. The molecule has 2 saturated heterocycles. The third-order valence-electron chi connectivity index (χ3n) is 5.34.